The normalized spacial score (nSPS) is 17.1. The zero-order valence-corrected chi connectivity index (χ0v) is 50.6. The number of hydrogen-bond donors (Lipinski definition) is 0. The zero-order chi connectivity index (χ0) is 57.3. The van der Waals surface area contributed by atoms with Gasteiger partial charge in [-0.15, -0.1) is 0 Å². The third-order valence-electron chi connectivity index (χ3n) is 17.2. The first-order valence-corrected chi connectivity index (χ1v) is 30.1. The van der Waals surface area contributed by atoms with E-state index in [4.69, 9.17) is 18.9 Å². The molecule has 4 aromatic rings. The van der Waals surface area contributed by atoms with Crippen LogP contribution in [-0.2, 0) is 66.5 Å². The van der Waals surface area contributed by atoms with Gasteiger partial charge in [0.05, 0.1) is 0 Å². The average molecular weight is 1090 g/mol. The maximum atomic E-state index is 14.1. The molecule has 0 atom stereocenters. The molecular formula is C68H92N4O8. The molecule has 8 bridgehead atoms. The number of amides is 4. The molecular weight excluding hydrogens is 1000 g/mol. The fraction of sp³-hybridized carbons (Fsp3) is 0.588. The van der Waals surface area contributed by atoms with E-state index in [2.05, 4.69) is 132 Å². The molecule has 4 aliphatic heterocycles. The van der Waals surface area contributed by atoms with Crippen molar-refractivity contribution in [3.63, 3.8) is 0 Å². The Morgan fingerprint density at radius 1 is 0.300 bits per heavy atom. The highest BCUT2D eigenvalue weighted by Crippen LogP contribution is 2.45. The summed E-state index contributed by atoms with van der Waals surface area (Å²) in [7, 11) is 0. The van der Waals surface area contributed by atoms with Gasteiger partial charge in [-0.2, -0.15) is 0 Å². The number of nitrogens with zero attached hydrogens (tertiary/aromatic N) is 4. The van der Waals surface area contributed by atoms with Crippen LogP contribution in [0.4, 0.5) is 0 Å². The molecule has 0 spiro atoms. The second-order valence-corrected chi connectivity index (χ2v) is 27.7. The lowest BCUT2D eigenvalue weighted by molar-refractivity contribution is -0.133. The molecule has 0 unspecified atom stereocenters. The maximum Gasteiger partial charge on any atom is 0.260 e. The van der Waals surface area contributed by atoms with Gasteiger partial charge in [0.25, 0.3) is 23.6 Å². The molecule has 4 aromatic carbocycles. The van der Waals surface area contributed by atoms with Gasteiger partial charge in [-0.1, -0.05) is 132 Å². The van der Waals surface area contributed by atoms with Crippen LogP contribution in [0.15, 0.2) is 48.5 Å². The topological polar surface area (TPSA) is 118 Å². The van der Waals surface area contributed by atoms with E-state index in [1.165, 1.54) is 0 Å². The number of hydrogen-bond acceptors (Lipinski definition) is 8. The van der Waals surface area contributed by atoms with Gasteiger partial charge < -0.3 is 38.5 Å². The Hall–Kier alpha value is -6.04. The van der Waals surface area contributed by atoms with Crippen LogP contribution >= 0.6 is 0 Å². The number of carbonyl (C=O) groups excluding carboxylic acids is 4. The van der Waals surface area contributed by atoms with E-state index in [1.54, 1.807) is 0 Å². The molecule has 12 heteroatoms. The average Bonchev–Trinajstić information content (AvgIpc) is 4.25. The number of ether oxygens (including phenoxy) is 4. The number of carbonyl (C=O) groups is 4. The van der Waals surface area contributed by atoms with Crippen molar-refractivity contribution in [1.82, 2.24) is 19.6 Å². The summed E-state index contributed by atoms with van der Waals surface area (Å²) in [6.45, 7) is 31.9. The Balaban J connectivity index is 1.34. The van der Waals surface area contributed by atoms with E-state index in [-0.39, 0.29) is 71.7 Å². The first kappa shape index (κ1) is 58.6. The van der Waals surface area contributed by atoms with Crippen LogP contribution in [0.1, 0.15) is 201 Å². The van der Waals surface area contributed by atoms with Crippen LogP contribution < -0.4 is 18.9 Å². The summed E-state index contributed by atoms with van der Waals surface area (Å²) in [4.78, 5) is 64.1. The van der Waals surface area contributed by atoms with Gasteiger partial charge in [0.15, 0.2) is 26.4 Å². The lowest BCUT2D eigenvalue weighted by Crippen LogP contribution is -2.33. The van der Waals surface area contributed by atoms with Gasteiger partial charge in [0, 0.05) is 78.0 Å². The Bertz CT molecular complexity index is 2450. The number of rotatable bonds is 12. The highest BCUT2D eigenvalue weighted by molar-refractivity contribution is 5.80. The molecule has 4 fully saturated rings. The van der Waals surface area contributed by atoms with E-state index >= 15 is 0 Å². The van der Waals surface area contributed by atoms with Crippen molar-refractivity contribution in [2.45, 2.75) is 182 Å². The predicted molar refractivity (Wildman–Crippen MR) is 317 cm³/mol. The number of likely N-dealkylation sites (tertiary alicyclic amines) is 4. The Morgan fingerprint density at radius 3 is 0.588 bits per heavy atom. The molecule has 80 heavy (non-hydrogen) atoms. The SMILES string of the molecule is CC(C)(C)c1cc2c(OCC(=O)N3CCCC3)c(c1)Cc1cc(C(C)(C)C)cc(c1OCC(=O)N1CCCC1)Cc1cc(C(C)(C)C)cc(c1OCC(=O)N1CCCC1)Cc1cc(C(C)(C)C)cc(c1OCC(=O)N1CCCC1)C2. The minimum atomic E-state index is -0.298. The van der Waals surface area contributed by atoms with Gasteiger partial charge in [0.2, 0.25) is 0 Å². The van der Waals surface area contributed by atoms with Crippen LogP contribution in [0.25, 0.3) is 0 Å². The molecule has 4 amide bonds. The van der Waals surface area contributed by atoms with Gasteiger partial charge in [0.1, 0.15) is 23.0 Å². The summed E-state index contributed by atoms with van der Waals surface area (Å²) in [5.74, 6) is 2.39. The maximum absolute atomic E-state index is 14.1. The van der Waals surface area contributed by atoms with Crippen molar-refractivity contribution in [3.8, 4) is 23.0 Å². The van der Waals surface area contributed by atoms with Crippen molar-refractivity contribution >= 4 is 23.6 Å². The Kier molecular flexibility index (Phi) is 17.4. The third kappa shape index (κ3) is 13.8. The highest BCUT2D eigenvalue weighted by atomic mass is 16.5. The standard InChI is InChI=1S/C68H92N4O8/c1-65(2,3)53-33-45-29-47-35-54(66(4,5)6)37-49(62(47)78-42-58(74)70-23-15-16-24-70)31-51-39-56(68(10,11)12)40-52(64(51)80-44-60(76)72-27-19-20-28-72)32-50-38-55(67(7,8)9)36-48(63(50)79-43-59(75)71-25-17-18-26-71)30-46(34-53)61(45)77-41-57(73)69-21-13-14-22-69/h33-40H,13-32,41-44H2,1-12H3. The van der Waals surface area contributed by atoms with Crippen molar-refractivity contribution in [1.29, 1.82) is 0 Å². The summed E-state index contributed by atoms with van der Waals surface area (Å²) in [6.07, 6.45) is 9.25. The molecule has 0 aromatic heterocycles. The van der Waals surface area contributed by atoms with Crippen LogP contribution in [0.3, 0.4) is 0 Å². The quantitative estimate of drug-likeness (QED) is 0.121. The van der Waals surface area contributed by atoms with Gasteiger partial charge >= 0.3 is 0 Å². The van der Waals surface area contributed by atoms with Crippen LogP contribution in [0, 0.1) is 0 Å². The van der Waals surface area contributed by atoms with Crippen LogP contribution in [0.5, 0.6) is 23.0 Å². The molecule has 9 rings (SSSR count). The van der Waals surface area contributed by atoms with Crippen molar-refractivity contribution in [2.24, 2.45) is 0 Å². The second-order valence-electron chi connectivity index (χ2n) is 27.7. The summed E-state index contributed by atoms with van der Waals surface area (Å²) in [5.41, 5.74) is 10.5. The lowest BCUT2D eigenvalue weighted by atomic mass is 9.79. The smallest absolute Gasteiger partial charge is 0.260 e. The molecule has 0 N–H and O–H groups in total. The predicted octanol–water partition coefficient (Wildman–Crippen LogP) is 11.6. The number of fused-ring (bicyclic) bond motifs is 8. The van der Waals surface area contributed by atoms with Crippen LogP contribution in [0.2, 0.25) is 0 Å². The number of benzene rings is 4. The minimum Gasteiger partial charge on any atom is -0.483 e. The molecule has 0 saturated carbocycles. The minimum absolute atomic E-state index is 0.0414. The highest BCUT2D eigenvalue weighted by Gasteiger charge is 2.32. The molecule has 12 nitrogen and oxygen atoms in total. The molecule has 4 heterocycles. The summed E-state index contributed by atoms with van der Waals surface area (Å²) in [6, 6.07) is 18.0. The van der Waals surface area contributed by atoms with Gasteiger partial charge in [-0.05, 0) is 140 Å². The van der Waals surface area contributed by atoms with E-state index < -0.39 is 0 Å². The summed E-state index contributed by atoms with van der Waals surface area (Å²) in [5, 5.41) is 0. The fourth-order valence-electron chi connectivity index (χ4n) is 12.1. The van der Waals surface area contributed by atoms with E-state index in [9.17, 15) is 19.2 Å². The van der Waals surface area contributed by atoms with E-state index in [0.29, 0.717) is 101 Å². The Morgan fingerprint density at radius 2 is 0.450 bits per heavy atom. The molecule has 1 aliphatic carbocycles. The monoisotopic (exact) mass is 1090 g/mol. The third-order valence-corrected chi connectivity index (χ3v) is 17.2. The first-order valence-electron chi connectivity index (χ1n) is 30.1. The zero-order valence-electron chi connectivity index (χ0n) is 50.6. The van der Waals surface area contributed by atoms with E-state index in [1.807, 2.05) is 19.6 Å². The van der Waals surface area contributed by atoms with Crippen molar-refractivity contribution < 1.29 is 38.1 Å². The summed E-state index contributed by atoms with van der Waals surface area (Å²) >= 11 is 0. The molecule has 4 saturated heterocycles. The van der Waals surface area contributed by atoms with Gasteiger partial charge in [-0.25, -0.2) is 0 Å². The largest absolute Gasteiger partial charge is 0.483 e. The lowest BCUT2D eigenvalue weighted by Gasteiger charge is -2.29. The summed E-state index contributed by atoms with van der Waals surface area (Å²) < 4.78 is 28.2. The fourth-order valence-corrected chi connectivity index (χ4v) is 12.1. The first-order chi connectivity index (χ1) is 37.8. The van der Waals surface area contributed by atoms with Crippen molar-refractivity contribution in [2.75, 3.05) is 78.8 Å². The molecule has 0 radical (unpaired) electrons. The van der Waals surface area contributed by atoms with Crippen LogP contribution in [-0.4, -0.2) is 122 Å². The van der Waals surface area contributed by atoms with E-state index in [0.717, 1.165) is 118 Å². The molecule has 5 aliphatic rings. The second kappa shape index (κ2) is 23.8. The van der Waals surface area contributed by atoms with Crippen molar-refractivity contribution in [3.05, 3.63) is 115 Å². The van der Waals surface area contributed by atoms with Gasteiger partial charge in [-0.3, -0.25) is 19.2 Å². The Labute approximate surface area is 478 Å². The molecule has 432 valence electrons.